The highest BCUT2D eigenvalue weighted by atomic mass is 16.2. The molecule has 136 valence electrons. The minimum absolute atomic E-state index is 0.0964. The van der Waals surface area contributed by atoms with E-state index in [4.69, 9.17) is 0 Å². The molecule has 1 aromatic heterocycles. The molecule has 27 heavy (non-hydrogen) atoms. The van der Waals surface area contributed by atoms with Crippen molar-refractivity contribution in [1.29, 1.82) is 0 Å². The van der Waals surface area contributed by atoms with Gasteiger partial charge >= 0.3 is 0 Å². The summed E-state index contributed by atoms with van der Waals surface area (Å²) in [5.41, 5.74) is 2.76. The van der Waals surface area contributed by atoms with Gasteiger partial charge in [-0.3, -0.25) is 4.79 Å². The molecule has 0 N–H and O–H groups in total. The van der Waals surface area contributed by atoms with Crippen molar-refractivity contribution in [3.8, 4) is 11.3 Å². The second-order valence-electron chi connectivity index (χ2n) is 6.67. The van der Waals surface area contributed by atoms with E-state index < -0.39 is 0 Å². The summed E-state index contributed by atoms with van der Waals surface area (Å²) >= 11 is 0. The normalized spacial score (nSPS) is 14.3. The quantitative estimate of drug-likeness (QED) is 0.720. The highest BCUT2D eigenvalue weighted by molar-refractivity contribution is 5.94. The van der Waals surface area contributed by atoms with E-state index in [0.29, 0.717) is 13.1 Å². The molecule has 0 bridgehead atoms. The Labute approximate surface area is 159 Å². The third-order valence-electron chi connectivity index (χ3n) is 4.81. The van der Waals surface area contributed by atoms with Crippen LogP contribution in [0.25, 0.3) is 11.3 Å². The Morgan fingerprint density at radius 1 is 0.852 bits per heavy atom. The van der Waals surface area contributed by atoms with E-state index in [1.807, 2.05) is 66.4 Å². The van der Waals surface area contributed by atoms with Crippen molar-refractivity contribution in [2.75, 3.05) is 31.1 Å². The van der Waals surface area contributed by atoms with E-state index >= 15 is 0 Å². The highest BCUT2D eigenvalue weighted by Crippen LogP contribution is 2.23. The van der Waals surface area contributed by atoms with Gasteiger partial charge in [-0.2, -0.15) is 0 Å². The summed E-state index contributed by atoms with van der Waals surface area (Å²) in [5, 5.41) is 0. The van der Waals surface area contributed by atoms with Crippen LogP contribution in [0.15, 0.2) is 66.7 Å². The maximum atomic E-state index is 12.6. The molecule has 0 radical (unpaired) electrons. The summed E-state index contributed by atoms with van der Waals surface area (Å²) in [4.78, 5) is 26.0. The van der Waals surface area contributed by atoms with Crippen molar-refractivity contribution in [3.63, 3.8) is 0 Å². The zero-order valence-electron chi connectivity index (χ0n) is 15.4. The van der Waals surface area contributed by atoms with E-state index in [2.05, 4.69) is 27.0 Å². The van der Waals surface area contributed by atoms with Crippen LogP contribution >= 0.6 is 0 Å². The number of carbonyl (C=O) groups excluding carboxylic acids is 1. The summed E-state index contributed by atoms with van der Waals surface area (Å²) in [6.45, 7) is 4.84. The molecule has 2 heterocycles. The third-order valence-corrected chi connectivity index (χ3v) is 4.81. The lowest BCUT2D eigenvalue weighted by Gasteiger charge is -2.35. The van der Waals surface area contributed by atoms with Crippen LogP contribution in [0.2, 0.25) is 0 Å². The number of benzene rings is 2. The van der Waals surface area contributed by atoms with Gasteiger partial charge in [0.25, 0.3) is 5.91 Å². The molecular formula is C22H22N4O. The van der Waals surface area contributed by atoms with Gasteiger partial charge in [0.15, 0.2) is 0 Å². The molecule has 1 amide bonds. The van der Waals surface area contributed by atoms with Gasteiger partial charge in [-0.25, -0.2) is 9.97 Å². The molecule has 3 aromatic rings. The first kappa shape index (κ1) is 17.2. The molecule has 1 fully saturated rings. The summed E-state index contributed by atoms with van der Waals surface area (Å²) in [6, 6.07) is 21.7. The number of amides is 1. The largest absolute Gasteiger partial charge is 0.353 e. The van der Waals surface area contributed by atoms with Gasteiger partial charge < -0.3 is 9.80 Å². The van der Waals surface area contributed by atoms with Crippen LogP contribution in [-0.2, 0) is 0 Å². The second-order valence-corrected chi connectivity index (χ2v) is 6.67. The van der Waals surface area contributed by atoms with Crippen molar-refractivity contribution in [2.24, 2.45) is 0 Å². The molecule has 0 atom stereocenters. The van der Waals surface area contributed by atoms with Crippen LogP contribution in [0.3, 0.4) is 0 Å². The summed E-state index contributed by atoms with van der Waals surface area (Å²) in [5.74, 6) is 1.78. The second kappa shape index (κ2) is 7.58. The van der Waals surface area contributed by atoms with Crippen molar-refractivity contribution in [2.45, 2.75) is 6.92 Å². The average molecular weight is 358 g/mol. The van der Waals surface area contributed by atoms with Crippen molar-refractivity contribution < 1.29 is 4.79 Å². The number of hydrogen-bond donors (Lipinski definition) is 0. The molecule has 1 aliphatic heterocycles. The molecule has 1 saturated heterocycles. The van der Waals surface area contributed by atoms with Gasteiger partial charge in [0.05, 0.1) is 5.69 Å². The van der Waals surface area contributed by atoms with E-state index in [1.54, 1.807) is 0 Å². The number of carbonyl (C=O) groups is 1. The number of nitrogens with zero attached hydrogens (tertiary/aromatic N) is 4. The molecule has 0 spiro atoms. The Bertz CT molecular complexity index is 920. The van der Waals surface area contributed by atoms with Crippen LogP contribution in [0.4, 0.5) is 5.82 Å². The third kappa shape index (κ3) is 3.82. The fourth-order valence-corrected chi connectivity index (χ4v) is 3.37. The molecule has 0 aliphatic carbocycles. The van der Waals surface area contributed by atoms with E-state index in [-0.39, 0.29) is 5.91 Å². The van der Waals surface area contributed by atoms with Crippen molar-refractivity contribution in [1.82, 2.24) is 14.9 Å². The van der Waals surface area contributed by atoms with Crippen molar-refractivity contribution >= 4 is 11.7 Å². The van der Waals surface area contributed by atoms with Crippen LogP contribution in [0, 0.1) is 6.92 Å². The van der Waals surface area contributed by atoms with E-state index in [0.717, 1.165) is 41.6 Å². The lowest BCUT2D eigenvalue weighted by molar-refractivity contribution is 0.0746. The smallest absolute Gasteiger partial charge is 0.253 e. The summed E-state index contributed by atoms with van der Waals surface area (Å²) in [7, 11) is 0. The minimum Gasteiger partial charge on any atom is -0.353 e. The average Bonchev–Trinajstić information content (AvgIpc) is 2.74. The lowest BCUT2D eigenvalue weighted by Crippen LogP contribution is -2.49. The Balaban J connectivity index is 1.48. The first-order valence-electron chi connectivity index (χ1n) is 9.21. The molecule has 1 aliphatic rings. The van der Waals surface area contributed by atoms with Crippen LogP contribution < -0.4 is 4.90 Å². The number of aromatic nitrogens is 2. The fourth-order valence-electron chi connectivity index (χ4n) is 3.37. The molecule has 0 unspecified atom stereocenters. The van der Waals surface area contributed by atoms with E-state index in [1.165, 1.54) is 0 Å². The molecule has 4 rings (SSSR count). The predicted octanol–water partition coefficient (Wildman–Crippen LogP) is 3.41. The molecule has 5 heteroatoms. The van der Waals surface area contributed by atoms with Gasteiger partial charge in [-0.15, -0.1) is 0 Å². The van der Waals surface area contributed by atoms with Gasteiger partial charge in [0.2, 0.25) is 0 Å². The van der Waals surface area contributed by atoms with Crippen LogP contribution in [0.5, 0.6) is 0 Å². The number of anilines is 1. The standard InChI is InChI=1S/C22H22N4O/c1-17-23-20(18-8-4-2-5-9-18)16-21(24-17)25-12-14-26(15-13-25)22(27)19-10-6-3-7-11-19/h2-11,16H,12-15H2,1H3. The maximum Gasteiger partial charge on any atom is 0.253 e. The Hall–Kier alpha value is -3.21. The lowest BCUT2D eigenvalue weighted by atomic mass is 10.1. The van der Waals surface area contributed by atoms with Crippen LogP contribution in [-0.4, -0.2) is 47.0 Å². The van der Waals surface area contributed by atoms with Crippen LogP contribution in [0.1, 0.15) is 16.2 Å². The van der Waals surface area contributed by atoms with Gasteiger partial charge in [0, 0.05) is 43.4 Å². The number of piperazine rings is 1. The topological polar surface area (TPSA) is 49.3 Å². The molecule has 5 nitrogen and oxygen atoms in total. The molecule has 2 aromatic carbocycles. The summed E-state index contributed by atoms with van der Waals surface area (Å²) < 4.78 is 0. The first-order valence-corrected chi connectivity index (χ1v) is 9.21. The summed E-state index contributed by atoms with van der Waals surface area (Å²) in [6.07, 6.45) is 0. The van der Waals surface area contributed by atoms with Gasteiger partial charge in [0.1, 0.15) is 11.6 Å². The molecule has 0 saturated carbocycles. The van der Waals surface area contributed by atoms with E-state index in [9.17, 15) is 4.79 Å². The Morgan fingerprint density at radius 2 is 1.48 bits per heavy atom. The fraction of sp³-hybridized carbons (Fsp3) is 0.227. The molecular weight excluding hydrogens is 336 g/mol. The predicted molar refractivity (Wildman–Crippen MR) is 107 cm³/mol. The zero-order chi connectivity index (χ0) is 18.6. The van der Waals surface area contributed by atoms with Gasteiger partial charge in [-0.05, 0) is 19.1 Å². The number of hydrogen-bond acceptors (Lipinski definition) is 4. The Kier molecular flexibility index (Phi) is 4.83. The SMILES string of the molecule is Cc1nc(-c2ccccc2)cc(N2CCN(C(=O)c3ccccc3)CC2)n1. The Morgan fingerprint density at radius 3 is 2.15 bits per heavy atom. The van der Waals surface area contributed by atoms with Gasteiger partial charge in [-0.1, -0.05) is 48.5 Å². The number of aryl methyl sites for hydroxylation is 1. The zero-order valence-corrected chi connectivity index (χ0v) is 15.4. The first-order chi connectivity index (χ1) is 13.2. The monoisotopic (exact) mass is 358 g/mol. The highest BCUT2D eigenvalue weighted by Gasteiger charge is 2.23. The van der Waals surface area contributed by atoms with Crippen molar-refractivity contribution in [3.05, 3.63) is 78.1 Å². The number of rotatable bonds is 3. The maximum absolute atomic E-state index is 12.6. The minimum atomic E-state index is 0.0964.